The number of rotatable bonds is 6. The molecule has 1 unspecified atom stereocenters. The van der Waals surface area contributed by atoms with Gasteiger partial charge < -0.3 is 15.4 Å². The fraction of sp³-hybridized carbons (Fsp3) is 0.385. The van der Waals surface area contributed by atoms with E-state index in [0.29, 0.717) is 23.9 Å². The van der Waals surface area contributed by atoms with E-state index in [2.05, 4.69) is 10.6 Å². The van der Waals surface area contributed by atoms with Crippen molar-refractivity contribution < 1.29 is 14.3 Å². The predicted molar refractivity (Wildman–Crippen MR) is 73.2 cm³/mol. The second-order valence-corrected chi connectivity index (χ2v) is 4.45. The summed E-state index contributed by atoms with van der Waals surface area (Å²) in [5.74, 6) is 0.212. The number of benzene rings is 1. The lowest BCUT2D eigenvalue weighted by Gasteiger charge is -2.13. The van der Waals surface area contributed by atoms with E-state index in [-0.39, 0.29) is 11.8 Å². The molecule has 1 rings (SSSR count). The van der Waals surface area contributed by atoms with E-state index in [0.717, 1.165) is 0 Å². The molecule has 1 aromatic rings. The van der Waals surface area contributed by atoms with E-state index in [1.165, 1.54) is 6.92 Å². The third-order valence-electron chi connectivity index (χ3n) is 2.30. The molecule has 0 aliphatic heterocycles. The van der Waals surface area contributed by atoms with Crippen LogP contribution in [0.3, 0.4) is 0 Å². The van der Waals surface area contributed by atoms with Gasteiger partial charge in [-0.3, -0.25) is 9.59 Å². The highest BCUT2D eigenvalue weighted by Gasteiger charge is 2.12. The first kappa shape index (κ1) is 15.3. The fourth-order valence-electron chi connectivity index (χ4n) is 1.40. The first-order valence-electron chi connectivity index (χ1n) is 5.92. The zero-order valence-corrected chi connectivity index (χ0v) is 11.7. The number of halogens is 1. The van der Waals surface area contributed by atoms with Gasteiger partial charge >= 0.3 is 0 Å². The van der Waals surface area contributed by atoms with Crippen LogP contribution in [0.2, 0.25) is 5.02 Å². The summed E-state index contributed by atoms with van der Waals surface area (Å²) < 4.78 is 5.41. The molecular weight excluding hydrogens is 268 g/mol. The van der Waals surface area contributed by atoms with Crippen molar-refractivity contribution in [3.05, 3.63) is 29.3 Å². The Bertz CT molecular complexity index is 434. The summed E-state index contributed by atoms with van der Waals surface area (Å²) in [5.41, 5.74) is 0. The van der Waals surface area contributed by atoms with Crippen LogP contribution in [0.25, 0.3) is 0 Å². The molecule has 0 aromatic heterocycles. The summed E-state index contributed by atoms with van der Waals surface area (Å²) >= 11 is 5.74. The molecule has 5 nitrogen and oxygen atoms in total. The number of amides is 2. The van der Waals surface area contributed by atoms with Gasteiger partial charge in [0.15, 0.2) is 0 Å². The topological polar surface area (TPSA) is 67.4 Å². The maximum absolute atomic E-state index is 11.5. The molecule has 1 atom stereocenters. The Kier molecular flexibility index (Phi) is 6.15. The minimum atomic E-state index is -0.548. The molecule has 0 heterocycles. The van der Waals surface area contributed by atoms with Gasteiger partial charge in [-0.15, -0.1) is 0 Å². The maximum atomic E-state index is 11.5. The molecule has 0 fully saturated rings. The number of carbonyl (C=O) groups is 2. The first-order valence-corrected chi connectivity index (χ1v) is 6.30. The molecule has 6 heteroatoms. The molecule has 0 saturated heterocycles. The third-order valence-corrected chi connectivity index (χ3v) is 2.55. The summed E-state index contributed by atoms with van der Waals surface area (Å²) in [6.45, 7) is 3.70. The Hall–Kier alpha value is -1.75. The molecule has 2 amide bonds. The van der Waals surface area contributed by atoms with Crippen molar-refractivity contribution in [2.45, 2.75) is 19.9 Å². The van der Waals surface area contributed by atoms with Crippen LogP contribution in [0.15, 0.2) is 24.3 Å². The van der Waals surface area contributed by atoms with Crippen molar-refractivity contribution in [1.29, 1.82) is 0 Å². The third kappa shape index (κ3) is 6.10. The average molecular weight is 285 g/mol. The number of hydrogen-bond donors (Lipinski definition) is 2. The van der Waals surface area contributed by atoms with Crippen LogP contribution in [0.1, 0.15) is 13.8 Å². The Morgan fingerprint density at radius 1 is 1.32 bits per heavy atom. The molecule has 0 aliphatic carbocycles. The van der Waals surface area contributed by atoms with E-state index in [1.54, 1.807) is 31.2 Å². The smallest absolute Gasteiger partial charge is 0.242 e. The average Bonchev–Trinajstić information content (AvgIpc) is 2.35. The quantitative estimate of drug-likeness (QED) is 0.775. The zero-order chi connectivity index (χ0) is 14.3. The highest BCUT2D eigenvalue weighted by atomic mass is 35.5. The highest BCUT2D eigenvalue weighted by molar-refractivity contribution is 6.30. The Balaban J connectivity index is 2.21. The first-order chi connectivity index (χ1) is 8.99. The lowest BCUT2D eigenvalue weighted by atomic mass is 10.3. The molecule has 0 saturated carbocycles. The van der Waals surface area contributed by atoms with Gasteiger partial charge in [-0.1, -0.05) is 11.6 Å². The Morgan fingerprint density at radius 2 is 1.95 bits per heavy atom. The fourth-order valence-corrected chi connectivity index (χ4v) is 1.52. The molecule has 0 aliphatic rings. The van der Waals surface area contributed by atoms with E-state index < -0.39 is 6.04 Å². The van der Waals surface area contributed by atoms with Crippen LogP contribution in [0.5, 0.6) is 5.75 Å². The molecule has 2 N–H and O–H groups in total. The molecular formula is C13H17ClN2O3. The van der Waals surface area contributed by atoms with Gasteiger partial charge in [0.2, 0.25) is 11.8 Å². The van der Waals surface area contributed by atoms with Crippen molar-refractivity contribution in [1.82, 2.24) is 10.6 Å². The van der Waals surface area contributed by atoms with Gasteiger partial charge in [0.25, 0.3) is 0 Å². The number of ether oxygens (including phenoxy) is 1. The Labute approximate surface area is 117 Å². The van der Waals surface area contributed by atoms with E-state index in [4.69, 9.17) is 16.3 Å². The van der Waals surface area contributed by atoms with Gasteiger partial charge in [-0.2, -0.15) is 0 Å². The van der Waals surface area contributed by atoms with Gasteiger partial charge in [0.1, 0.15) is 18.4 Å². The Morgan fingerprint density at radius 3 is 2.53 bits per heavy atom. The number of hydrogen-bond acceptors (Lipinski definition) is 3. The van der Waals surface area contributed by atoms with Crippen LogP contribution in [-0.2, 0) is 9.59 Å². The lowest BCUT2D eigenvalue weighted by Crippen LogP contribution is -2.45. The molecule has 0 spiro atoms. The van der Waals surface area contributed by atoms with Crippen LogP contribution in [-0.4, -0.2) is 31.0 Å². The van der Waals surface area contributed by atoms with Crippen molar-refractivity contribution in [2.24, 2.45) is 0 Å². The number of carbonyl (C=O) groups excluding carboxylic acids is 2. The van der Waals surface area contributed by atoms with Gasteiger partial charge in [-0.05, 0) is 31.2 Å². The van der Waals surface area contributed by atoms with E-state index >= 15 is 0 Å². The highest BCUT2D eigenvalue weighted by Crippen LogP contribution is 2.14. The van der Waals surface area contributed by atoms with Gasteiger partial charge in [-0.25, -0.2) is 0 Å². The summed E-state index contributed by atoms with van der Waals surface area (Å²) in [4.78, 5) is 22.3. The molecule has 0 radical (unpaired) electrons. The van der Waals surface area contributed by atoms with Crippen molar-refractivity contribution in [3.63, 3.8) is 0 Å². The molecule has 19 heavy (non-hydrogen) atoms. The maximum Gasteiger partial charge on any atom is 0.242 e. The van der Waals surface area contributed by atoms with Gasteiger partial charge in [0.05, 0.1) is 6.54 Å². The van der Waals surface area contributed by atoms with E-state index in [9.17, 15) is 9.59 Å². The number of nitrogens with one attached hydrogen (secondary N) is 2. The largest absolute Gasteiger partial charge is 0.492 e. The van der Waals surface area contributed by atoms with E-state index in [1.807, 2.05) is 0 Å². The standard InChI is InChI=1S/C13H17ClN2O3/c1-9(16-10(2)17)13(18)15-7-8-19-12-5-3-11(14)4-6-12/h3-6,9H,7-8H2,1-2H3,(H,15,18)(H,16,17). The minimum Gasteiger partial charge on any atom is -0.492 e. The summed E-state index contributed by atoms with van der Waals surface area (Å²) in [6.07, 6.45) is 0. The SMILES string of the molecule is CC(=O)NC(C)C(=O)NCCOc1ccc(Cl)cc1. The summed E-state index contributed by atoms with van der Waals surface area (Å²) in [5, 5.41) is 5.81. The van der Waals surface area contributed by atoms with Crippen LogP contribution in [0, 0.1) is 0 Å². The molecule has 1 aromatic carbocycles. The second-order valence-electron chi connectivity index (χ2n) is 4.02. The second kappa shape index (κ2) is 7.63. The normalized spacial score (nSPS) is 11.5. The predicted octanol–water partition coefficient (Wildman–Crippen LogP) is 1.36. The molecule has 0 bridgehead atoms. The van der Waals surface area contributed by atoms with Crippen molar-refractivity contribution >= 4 is 23.4 Å². The van der Waals surface area contributed by atoms with Crippen molar-refractivity contribution in [3.8, 4) is 5.75 Å². The van der Waals surface area contributed by atoms with Crippen LogP contribution >= 0.6 is 11.6 Å². The van der Waals surface area contributed by atoms with Crippen LogP contribution in [0.4, 0.5) is 0 Å². The monoisotopic (exact) mass is 284 g/mol. The van der Waals surface area contributed by atoms with Crippen molar-refractivity contribution in [2.75, 3.05) is 13.2 Å². The summed E-state index contributed by atoms with van der Waals surface area (Å²) in [6, 6.07) is 6.42. The van der Waals surface area contributed by atoms with Gasteiger partial charge in [0, 0.05) is 11.9 Å². The zero-order valence-electron chi connectivity index (χ0n) is 10.9. The minimum absolute atomic E-state index is 0.236. The summed E-state index contributed by atoms with van der Waals surface area (Å²) in [7, 11) is 0. The van der Waals surface area contributed by atoms with Crippen LogP contribution < -0.4 is 15.4 Å². The lowest BCUT2D eigenvalue weighted by molar-refractivity contribution is -0.127. The molecule has 104 valence electrons.